The number of carboxylic acid groups (broad SMARTS) is 1. The number of thioether (sulfide) groups is 1. The van der Waals surface area contributed by atoms with Crippen molar-refractivity contribution in [3.63, 3.8) is 0 Å². The summed E-state index contributed by atoms with van der Waals surface area (Å²) in [5, 5.41) is 14.3. The maximum absolute atomic E-state index is 12.5. The number of carboxylic acids is 1. The summed E-state index contributed by atoms with van der Waals surface area (Å²) < 4.78 is 31.3. The second-order valence-electron chi connectivity index (χ2n) is 6.06. The Morgan fingerprint density at radius 3 is 2.53 bits per heavy atom. The van der Waals surface area contributed by atoms with Crippen molar-refractivity contribution in [2.45, 2.75) is 11.4 Å². The highest BCUT2D eigenvalue weighted by molar-refractivity contribution is 8.00. The Morgan fingerprint density at radius 2 is 2.00 bits per heavy atom. The summed E-state index contributed by atoms with van der Waals surface area (Å²) in [7, 11) is -1.49. The van der Waals surface area contributed by atoms with Crippen molar-refractivity contribution in [1.29, 1.82) is 0 Å². The normalized spacial score (nSPS) is 21.6. The monoisotopic (exact) mass is 465 g/mol. The maximum Gasteiger partial charge on any atom is 0.352 e. The fourth-order valence-corrected chi connectivity index (χ4v) is 4.37. The molecule has 0 aromatic heterocycles. The topological polar surface area (TPSA) is 178 Å². The number of hydrogen-bond acceptors (Lipinski definition) is 11. The predicted octanol–water partition coefficient (Wildman–Crippen LogP) is -2.08. The van der Waals surface area contributed by atoms with E-state index in [9.17, 15) is 32.7 Å². The average molecular weight is 465 g/mol. The first-order chi connectivity index (χ1) is 14.0. The van der Waals surface area contributed by atoms with Crippen LogP contribution in [0.1, 0.15) is 0 Å². The van der Waals surface area contributed by atoms with Gasteiger partial charge in [-0.25, -0.2) is 4.79 Å². The van der Waals surface area contributed by atoms with E-state index in [0.29, 0.717) is 5.57 Å². The third kappa shape index (κ3) is 5.16. The van der Waals surface area contributed by atoms with E-state index >= 15 is 0 Å². The quantitative estimate of drug-likeness (QED) is 0.119. The van der Waals surface area contributed by atoms with Gasteiger partial charge in [-0.15, -0.1) is 11.8 Å². The van der Waals surface area contributed by atoms with Crippen molar-refractivity contribution >= 4 is 51.2 Å². The number of ketones is 1. The Labute approximate surface area is 175 Å². The van der Waals surface area contributed by atoms with Crippen molar-refractivity contribution in [2.24, 2.45) is 5.16 Å². The van der Waals surface area contributed by atoms with E-state index in [1.54, 1.807) is 0 Å². The van der Waals surface area contributed by atoms with Crippen LogP contribution in [-0.4, -0.2) is 98.6 Å². The van der Waals surface area contributed by atoms with E-state index in [4.69, 9.17) is 4.74 Å². The van der Waals surface area contributed by atoms with Gasteiger partial charge in [-0.05, 0) is 5.57 Å². The minimum Gasteiger partial charge on any atom is -0.477 e. The summed E-state index contributed by atoms with van der Waals surface area (Å²) in [5.41, 5.74) is -0.596. The number of rotatable bonds is 10. The molecular formula is C15H19N3O10S2. The average Bonchev–Trinajstić information content (AvgIpc) is 2.67. The summed E-state index contributed by atoms with van der Waals surface area (Å²) in [6, 6.07) is -1.12. The number of nitrogens with one attached hydrogen (secondary N) is 1. The van der Waals surface area contributed by atoms with Gasteiger partial charge in [-0.2, -0.15) is 8.42 Å². The molecule has 0 aliphatic carbocycles. The fraction of sp³-hybridized carbons (Fsp3) is 0.533. The van der Waals surface area contributed by atoms with E-state index in [1.807, 2.05) is 0 Å². The van der Waals surface area contributed by atoms with E-state index in [1.165, 1.54) is 18.9 Å². The Balaban J connectivity index is 2.14. The summed E-state index contributed by atoms with van der Waals surface area (Å²) >= 11 is 1.21. The zero-order valence-electron chi connectivity index (χ0n) is 16.1. The molecule has 30 heavy (non-hydrogen) atoms. The molecule has 0 aromatic carbocycles. The minimum absolute atomic E-state index is 0.0294. The van der Waals surface area contributed by atoms with Gasteiger partial charge in [0.15, 0.2) is 0 Å². The predicted molar refractivity (Wildman–Crippen MR) is 102 cm³/mol. The minimum atomic E-state index is -3.94. The fourth-order valence-electron chi connectivity index (χ4n) is 2.72. The number of carbonyl (C=O) groups excluding carboxylic acids is 3. The molecule has 2 aliphatic heterocycles. The molecule has 1 unspecified atom stereocenters. The highest BCUT2D eigenvalue weighted by atomic mass is 32.2. The molecule has 0 aromatic rings. The zero-order chi connectivity index (χ0) is 22.6. The molecule has 0 radical (unpaired) electrons. The Bertz CT molecular complexity index is 927. The third-order valence-corrected chi connectivity index (χ3v) is 5.81. The van der Waals surface area contributed by atoms with Crippen LogP contribution in [0, 0.1) is 0 Å². The van der Waals surface area contributed by atoms with Gasteiger partial charge in [-0.3, -0.25) is 23.5 Å². The molecule has 0 saturated carbocycles. The molecular weight excluding hydrogens is 446 g/mol. The summed E-state index contributed by atoms with van der Waals surface area (Å²) in [4.78, 5) is 54.1. The molecule has 0 bridgehead atoms. The molecule has 2 rings (SSSR count). The van der Waals surface area contributed by atoms with Crippen LogP contribution in [0.15, 0.2) is 16.4 Å². The zero-order valence-corrected chi connectivity index (χ0v) is 17.7. The number of aliphatic carboxylic acids is 1. The molecule has 2 aliphatic rings. The van der Waals surface area contributed by atoms with Crippen LogP contribution in [-0.2, 0) is 43.1 Å². The smallest absolute Gasteiger partial charge is 0.352 e. The van der Waals surface area contributed by atoms with E-state index in [-0.39, 0.29) is 18.1 Å². The largest absolute Gasteiger partial charge is 0.477 e. The number of hydrogen-bond donors (Lipinski definition) is 2. The van der Waals surface area contributed by atoms with Gasteiger partial charge in [0.2, 0.25) is 11.5 Å². The van der Waals surface area contributed by atoms with Crippen LogP contribution in [0.25, 0.3) is 0 Å². The van der Waals surface area contributed by atoms with Crippen LogP contribution in [0.3, 0.4) is 0 Å². The summed E-state index contributed by atoms with van der Waals surface area (Å²) in [6.45, 7) is -0.953. The van der Waals surface area contributed by atoms with Crippen molar-refractivity contribution < 1.29 is 46.5 Å². The second-order valence-corrected chi connectivity index (χ2v) is 8.81. The highest BCUT2D eigenvalue weighted by Crippen LogP contribution is 2.40. The number of fused-ring (bicyclic) bond motifs is 1. The van der Waals surface area contributed by atoms with Gasteiger partial charge in [0, 0.05) is 12.9 Å². The number of methoxy groups -OCH3 is 1. The van der Waals surface area contributed by atoms with Crippen molar-refractivity contribution in [3.8, 4) is 0 Å². The number of Topliss-reactive ketones (excluding diaryl/α,β-unsaturated/α-hetero) is 1. The highest BCUT2D eigenvalue weighted by Gasteiger charge is 2.54. The molecule has 2 heterocycles. The Morgan fingerprint density at radius 1 is 1.33 bits per heavy atom. The molecule has 1 fully saturated rings. The SMILES string of the molecule is COCC1=C(C(=O)O)N2C(=O)C(NC(=O)/C(=N\OC)C(=O)COS(C)(=O)=O)[C@H]2SC1. The van der Waals surface area contributed by atoms with Crippen LogP contribution < -0.4 is 5.32 Å². The lowest BCUT2D eigenvalue weighted by atomic mass is 10.0. The number of ether oxygens (including phenoxy) is 1. The molecule has 2 N–H and O–H groups in total. The second kappa shape index (κ2) is 9.55. The maximum atomic E-state index is 12.5. The first kappa shape index (κ1) is 23.8. The molecule has 2 atom stereocenters. The number of carbonyl (C=O) groups is 4. The van der Waals surface area contributed by atoms with Gasteiger partial charge in [0.25, 0.3) is 21.9 Å². The molecule has 166 valence electrons. The van der Waals surface area contributed by atoms with E-state index in [2.05, 4.69) is 19.5 Å². The van der Waals surface area contributed by atoms with E-state index in [0.717, 1.165) is 18.3 Å². The van der Waals surface area contributed by atoms with Crippen molar-refractivity contribution in [1.82, 2.24) is 10.2 Å². The molecule has 0 spiro atoms. The van der Waals surface area contributed by atoms with Crippen molar-refractivity contribution in [2.75, 3.05) is 39.4 Å². The first-order valence-electron chi connectivity index (χ1n) is 8.20. The Kier molecular flexibility index (Phi) is 7.57. The van der Waals surface area contributed by atoms with Crippen molar-refractivity contribution in [3.05, 3.63) is 11.3 Å². The van der Waals surface area contributed by atoms with Gasteiger partial charge < -0.3 is 20.0 Å². The lowest BCUT2D eigenvalue weighted by Gasteiger charge is -2.49. The Hall–Kier alpha value is -2.49. The molecule has 15 heteroatoms. The van der Waals surface area contributed by atoms with Crippen LogP contribution in [0.2, 0.25) is 0 Å². The van der Waals surface area contributed by atoms with Crippen LogP contribution in [0.4, 0.5) is 0 Å². The van der Waals surface area contributed by atoms with Gasteiger partial charge >= 0.3 is 5.97 Å². The molecule has 2 amide bonds. The number of amides is 2. The summed E-state index contributed by atoms with van der Waals surface area (Å²) in [6.07, 6.45) is 0.723. The van der Waals surface area contributed by atoms with E-state index < -0.39 is 57.4 Å². The number of β-lactam (4-membered cyclic amide) rings is 1. The lowest BCUT2D eigenvalue weighted by molar-refractivity contribution is -0.150. The van der Waals surface area contributed by atoms with Gasteiger partial charge in [0.1, 0.15) is 30.8 Å². The van der Waals surface area contributed by atoms with Gasteiger partial charge in [-0.1, -0.05) is 5.16 Å². The standard InChI is InChI=1S/C15H19N3O10S2/c1-26-4-7-6-29-14-10(13(21)18(14)11(7)15(22)23)16-12(20)9(17-27-2)8(19)5-28-30(3,24)25/h10,14H,4-6H2,1-3H3,(H,16,20)(H,22,23)/b17-9-/t10?,14-/m1/s1. The lowest BCUT2D eigenvalue weighted by Crippen LogP contribution is -2.71. The molecule has 1 saturated heterocycles. The summed E-state index contributed by atoms with van der Waals surface area (Å²) in [5.74, 6) is -3.92. The van der Waals surface area contributed by atoms with Crippen LogP contribution >= 0.6 is 11.8 Å². The van der Waals surface area contributed by atoms with Crippen LogP contribution in [0.5, 0.6) is 0 Å². The molecule has 13 nitrogen and oxygen atoms in total. The third-order valence-electron chi connectivity index (χ3n) is 3.92. The number of oxime groups is 1. The van der Waals surface area contributed by atoms with Gasteiger partial charge in [0.05, 0.1) is 12.9 Å². The number of nitrogens with zero attached hydrogens (tertiary/aromatic N) is 2. The first-order valence-corrected chi connectivity index (χ1v) is 11.1.